The maximum Gasteiger partial charge on any atom is 0.180 e. The van der Waals surface area contributed by atoms with E-state index in [2.05, 4.69) is 18.7 Å². The van der Waals surface area contributed by atoms with Gasteiger partial charge in [0.1, 0.15) is 5.75 Å². The zero-order valence-electron chi connectivity index (χ0n) is 12.8. The lowest BCUT2D eigenvalue weighted by Crippen LogP contribution is -2.61. The number of phenolic OH excluding ortho intramolecular Hbond substituents is 1. The van der Waals surface area contributed by atoms with Gasteiger partial charge in [0.2, 0.25) is 0 Å². The molecule has 3 atom stereocenters. The SMILES string of the molecule is C[C@H]1[C@H]2C(=O)c3ccc(O)cc3C1(C)CCN2CC1CC1. The van der Waals surface area contributed by atoms with Crippen molar-refractivity contribution >= 4 is 5.78 Å². The van der Waals surface area contributed by atoms with E-state index >= 15 is 0 Å². The van der Waals surface area contributed by atoms with Crippen molar-refractivity contribution in [2.45, 2.75) is 44.6 Å². The fourth-order valence-electron chi connectivity index (χ4n) is 4.40. The molecule has 0 aromatic heterocycles. The number of carbonyl (C=O) groups is 1. The van der Waals surface area contributed by atoms with Crippen molar-refractivity contribution in [2.24, 2.45) is 11.8 Å². The molecule has 3 heteroatoms. The Morgan fingerprint density at radius 2 is 2.14 bits per heavy atom. The fourth-order valence-corrected chi connectivity index (χ4v) is 4.40. The van der Waals surface area contributed by atoms with Gasteiger partial charge in [-0.2, -0.15) is 0 Å². The van der Waals surface area contributed by atoms with Gasteiger partial charge in [0.15, 0.2) is 5.78 Å². The standard InChI is InChI=1S/C18H23NO2/c1-11-16-17(21)14-6-5-13(20)9-15(14)18(11,2)7-8-19(16)10-12-3-4-12/h5-6,9,11-12,16,20H,3-4,7-8,10H2,1-2H3/t11-,16-,18?/m0/s1. The smallest absolute Gasteiger partial charge is 0.180 e. The predicted molar refractivity (Wildman–Crippen MR) is 81.7 cm³/mol. The molecule has 1 N–H and O–H groups in total. The molecule has 1 saturated carbocycles. The molecule has 1 aromatic carbocycles. The minimum absolute atomic E-state index is 0.00665. The summed E-state index contributed by atoms with van der Waals surface area (Å²) in [6, 6.07) is 5.32. The number of carbonyl (C=O) groups excluding carboxylic acids is 1. The van der Waals surface area contributed by atoms with Crippen LogP contribution in [0.1, 0.15) is 49.0 Å². The van der Waals surface area contributed by atoms with Crippen LogP contribution in [-0.4, -0.2) is 34.9 Å². The number of hydrogen-bond acceptors (Lipinski definition) is 3. The van der Waals surface area contributed by atoms with Gasteiger partial charge in [-0.05, 0) is 66.8 Å². The Hall–Kier alpha value is -1.35. The summed E-state index contributed by atoms with van der Waals surface area (Å²) in [6.07, 6.45) is 3.72. The van der Waals surface area contributed by atoms with Gasteiger partial charge in [-0.1, -0.05) is 13.8 Å². The molecule has 1 heterocycles. The first-order valence-electron chi connectivity index (χ1n) is 8.12. The average molecular weight is 285 g/mol. The number of benzene rings is 1. The van der Waals surface area contributed by atoms with Gasteiger partial charge in [-0.15, -0.1) is 0 Å². The van der Waals surface area contributed by atoms with Gasteiger partial charge in [0.25, 0.3) is 0 Å². The Labute approximate surface area is 126 Å². The molecule has 21 heavy (non-hydrogen) atoms. The summed E-state index contributed by atoms with van der Waals surface area (Å²) in [5, 5.41) is 9.83. The number of aromatic hydroxyl groups is 1. The Bertz CT molecular complexity index is 607. The number of ketones is 1. The van der Waals surface area contributed by atoms with E-state index in [-0.39, 0.29) is 23.0 Å². The van der Waals surface area contributed by atoms with Crippen LogP contribution in [0.2, 0.25) is 0 Å². The number of fused-ring (bicyclic) bond motifs is 4. The lowest BCUT2D eigenvalue weighted by molar-refractivity contribution is 0.0265. The number of likely N-dealkylation sites (tertiary alicyclic amines) is 1. The lowest BCUT2D eigenvalue weighted by Gasteiger charge is -2.53. The molecule has 1 aliphatic heterocycles. The van der Waals surface area contributed by atoms with E-state index < -0.39 is 0 Å². The molecule has 1 saturated heterocycles. The summed E-state index contributed by atoms with van der Waals surface area (Å²) in [6.45, 7) is 6.57. The summed E-state index contributed by atoms with van der Waals surface area (Å²) in [7, 11) is 0. The van der Waals surface area contributed by atoms with Gasteiger partial charge in [-0.25, -0.2) is 0 Å². The molecule has 1 unspecified atom stereocenters. The quantitative estimate of drug-likeness (QED) is 0.908. The molecule has 4 rings (SSSR count). The van der Waals surface area contributed by atoms with Crippen molar-refractivity contribution in [2.75, 3.05) is 13.1 Å². The first-order valence-corrected chi connectivity index (χ1v) is 8.12. The molecule has 112 valence electrons. The van der Waals surface area contributed by atoms with Crippen molar-refractivity contribution in [1.29, 1.82) is 0 Å². The lowest BCUT2D eigenvalue weighted by atomic mass is 9.58. The Kier molecular flexibility index (Phi) is 2.74. The minimum Gasteiger partial charge on any atom is -0.508 e. The molecular formula is C18H23NO2. The number of nitrogens with zero attached hydrogens (tertiary/aromatic N) is 1. The number of Topliss-reactive ketones (excluding diaryl/α,β-unsaturated/α-hetero) is 1. The fraction of sp³-hybridized carbons (Fsp3) is 0.611. The molecular weight excluding hydrogens is 262 g/mol. The van der Waals surface area contributed by atoms with Gasteiger partial charge < -0.3 is 5.11 Å². The third kappa shape index (κ3) is 1.87. The van der Waals surface area contributed by atoms with E-state index in [0.717, 1.165) is 36.6 Å². The third-order valence-electron chi connectivity index (χ3n) is 6.13. The Morgan fingerprint density at radius 1 is 1.38 bits per heavy atom. The molecule has 3 aliphatic rings. The first kappa shape index (κ1) is 13.3. The highest BCUT2D eigenvalue weighted by Crippen LogP contribution is 2.49. The number of phenols is 1. The maximum absolute atomic E-state index is 13.0. The Morgan fingerprint density at radius 3 is 2.86 bits per heavy atom. The van der Waals surface area contributed by atoms with Gasteiger partial charge in [-0.3, -0.25) is 9.69 Å². The predicted octanol–water partition coefficient (Wildman–Crippen LogP) is 2.97. The summed E-state index contributed by atoms with van der Waals surface area (Å²) in [5.41, 5.74) is 1.90. The van der Waals surface area contributed by atoms with Crippen LogP contribution in [0.25, 0.3) is 0 Å². The molecule has 0 amide bonds. The molecule has 3 nitrogen and oxygen atoms in total. The summed E-state index contributed by atoms with van der Waals surface area (Å²) >= 11 is 0. The van der Waals surface area contributed by atoms with Crippen molar-refractivity contribution in [3.05, 3.63) is 29.3 Å². The van der Waals surface area contributed by atoms with E-state index in [4.69, 9.17) is 0 Å². The highest BCUT2D eigenvalue weighted by Gasteiger charge is 2.52. The normalized spacial score (nSPS) is 35.6. The molecule has 1 aromatic rings. The van der Waals surface area contributed by atoms with Crippen LogP contribution in [-0.2, 0) is 5.41 Å². The van der Waals surface area contributed by atoms with Crippen LogP contribution in [0.4, 0.5) is 0 Å². The number of rotatable bonds is 2. The second-order valence-corrected chi connectivity index (χ2v) is 7.43. The second kappa shape index (κ2) is 4.33. The van der Waals surface area contributed by atoms with Crippen molar-refractivity contribution < 1.29 is 9.90 Å². The van der Waals surface area contributed by atoms with E-state index in [1.807, 2.05) is 12.1 Å². The van der Waals surface area contributed by atoms with E-state index in [1.165, 1.54) is 12.8 Å². The van der Waals surface area contributed by atoms with Crippen LogP contribution in [0.3, 0.4) is 0 Å². The maximum atomic E-state index is 13.0. The molecule has 0 radical (unpaired) electrons. The molecule has 0 spiro atoms. The monoisotopic (exact) mass is 285 g/mol. The average Bonchev–Trinajstić information content (AvgIpc) is 3.25. The van der Waals surface area contributed by atoms with E-state index in [9.17, 15) is 9.90 Å². The first-order chi connectivity index (χ1) is 10.0. The zero-order chi connectivity index (χ0) is 14.8. The highest BCUT2D eigenvalue weighted by atomic mass is 16.3. The summed E-state index contributed by atoms with van der Waals surface area (Å²) in [4.78, 5) is 15.4. The topological polar surface area (TPSA) is 40.5 Å². The van der Waals surface area contributed by atoms with Gasteiger partial charge in [0.05, 0.1) is 6.04 Å². The summed E-state index contributed by atoms with van der Waals surface area (Å²) < 4.78 is 0. The van der Waals surface area contributed by atoms with E-state index in [0.29, 0.717) is 5.92 Å². The van der Waals surface area contributed by atoms with Gasteiger partial charge in [0, 0.05) is 12.1 Å². The molecule has 2 aliphatic carbocycles. The van der Waals surface area contributed by atoms with Crippen molar-refractivity contribution in [3.8, 4) is 5.75 Å². The van der Waals surface area contributed by atoms with Crippen LogP contribution in [0.5, 0.6) is 5.75 Å². The minimum atomic E-state index is 0.00665. The largest absolute Gasteiger partial charge is 0.508 e. The third-order valence-corrected chi connectivity index (χ3v) is 6.13. The summed E-state index contributed by atoms with van der Waals surface area (Å²) in [5.74, 6) is 1.66. The van der Waals surface area contributed by atoms with Crippen LogP contribution < -0.4 is 0 Å². The van der Waals surface area contributed by atoms with E-state index in [1.54, 1.807) is 6.07 Å². The zero-order valence-corrected chi connectivity index (χ0v) is 12.8. The van der Waals surface area contributed by atoms with Crippen LogP contribution >= 0.6 is 0 Å². The van der Waals surface area contributed by atoms with Crippen molar-refractivity contribution in [3.63, 3.8) is 0 Å². The van der Waals surface area contributed by atoms with Crippen LogP contribution in [0.15, 0.2) is 18.2 Å². The van der Waals surface area contributed by atoms with Crippen LogP contribution in [0, 0.1) is 11.8 Å². The molecule has 2 bridgehead atoms. The highest BCUT2D eigenvalue weighted by molar-refractivity contribution is 6.03. The second-order valence-electron chi connectivity index (χ2n) is 7.43. The van der Waals surface area contributed by atoms with Crippen molar-refractivity contribution in [1.82, 2.24) is 4.90 Å². The Balaban J connectivity index is 1.79. The van der Waals surface area contributed by atoms with Gasteiger partial charge >= 0.3 is 0 Å². The number of hydrogen-bond donors (Lipinski definition) is 1. The number of piperidine rings is 1. The molecule has 2 fully saturated rings.